The first-order valence-electron chi connectivity index (χ1n) is 11.8. The molecule has 4 aromatic rings. The first-order chi connectivity index (χ1) is 17.3. The number of aryl methyl sites for hydroxylation is 2. The molecule has 0 saturated carbocycles. The third-order valence-electron chi connectivity index (χ3n) is 6.22. The van der Waals surface area contributed by atoms with E-state index in [1.54, 1.807) is 12.1 Å². The summed E-state index contributed by atoms with van der Waals surface area (Å²) in [5, 5.41) is 0. The van der Waals surface area contributed by atoms with Crippen LogP contribution in [0.4, 0.5) is 26.3 Å². The third kappa shape index (κ3) is 4.77. The quantitative estimate of drug-likeness (QED) is 0.223. The molecule has 0 bridgehead atoms. The van der Waals surface area contributed by atoms with Crippen LogP contribution in [0.1, 0.15) is 37.8 Å². The molecule has 0 fully saturated rings. The Hall–Kier alpha value is -3.54. The monoisotopic (exact) mass is 498 g/mol. The van der Waals surface area contributed by atoms with Gasteiger partial charge < -0.3 is 0 Å². The van der Waals surface area contributed by atoms with Crippen molar-refractivity contribution in [1.82, 2.24) is 0 Å². The van der Waals surface area contributed by atoms with Crippen LogP contribution in [0.2, 0.25) is 0 Å². The van der Waals surface area contributed by atoms with Gasteiger partial charge in [0.15, 0.2) is 23.3 Å². The maximum absolute atomic E-state index is 15.0. The molecule has 6 heteroatoms. The van der Waals surface area contributed by atoms with Crippen molar-refractivity contribution in [3.8, 4) is 33.4 Å². The van der Waals surface area contributed by atoms with Gasteiger partial charge in [-0.1, -0.05) is 75.2 Å². The first kappa shape index (κ1) is 25.5. The predicted octanol–water partition coefficient (Wildman–Crippen LogP) is 9.43. The minimum absolute atomic E-state index is 0.151. The Balaban J connectivity index is 1.70. The highest BCUT2D eigenvalue weighted by Gasteiger charge is 2.22. The second kappa shape index (κ2) is 10.6. The largest absolute Gasteiger partial charge is 0.207 e. The summed E-state index contributed by atoms with van der Waals surface area (Å²) in [6.45, 7) is 3.75. The van der Waals surface area contributed by atoms with Crippen molar-refractivity contribution >= 4 is 0 Å². The highest BCUT2D eigenvalue weighted by atomic mass is 19.2. The zero-order valence-corrected chi connectivity index (χ0v) is 19.9. The fourth-order valence-corrected chi connectivity index (χ4v) is 4.34. The highest BCUT2D eigenvalue weighted by molar-refractivity contribution is 5.75. The van der Waals surface area contributed by atoms with Crippen LogP contribution >= 0.6 is 0 Å². The Bertz CT molecular complexity index is 1420. The van der Waals surface area contributed by atoms with Crippen molar-refractivity contribution in [2.24, 2.45) is 0 Å². The van der Waals surface area contributed by atoms with Crippen LogP contribution in [0.15, 0.2) is 60.7 Å². The number of hydrogen-bond acceptors (Lipinski definition) is 0. The maximum Gasteiger partial charge on any atom is 0.167 e. The molecule has 0 spiro atoms. The number of rotatable bonds is 7. The van der Waals surface area contributed by atoms with Gasteiger partial charge >= 0.3 is 0 Å². The molecule has 186 valence electrons. The van der Waals surface area contributed by atoms with E-state index in [9.17, 15) is 22.0 Å². The summed E-state index contributed by atoms with van der Waals surface area (Å²) in [7, 11) is 0. The smallest absolute Gasteiger partial charge is 0.167 e. The van der Waals surface area contributed by atoms with Crippen molar-refractivity contribution in [3.05, 3.63) is 107 Å². The fourth-order valence-electron chi connectivity index (χ4n) is 4.34. The molecule has 0 amide bonds. The topological polar surface area (TPSA) is 0 Å². The van der Waals surface area contributed by atoms with Gasteiger partial charge in [-0.25, -0.2) is 26.3 Å². The fraction of sp³-hybridized carbons (Fsp3) is 0.200. The van der Waals surface area contributed by atoms with Crippen LogP contribution in [-0.2, 0) is 12.8 Å². The Labute approximate surface area is 206 Å². The molecule has 0 heterocycles. The average molecular weight is 499 g/mol. The normalized spacial score (nSPS) is 11.2. The van der Waals surface area contributed by atoms with E-state index in [2.05, 4.69) is 0 Å². The second-order valence-electron chi connectivity index (χ2n) is 8.69. The van der Waals surface area contributed by atoms with Crippen molar-refractivity contribution in [2.45, 2.75) is 39.5 Å². The van der Waals surface area contributed by atoms with Crippen LogP contribution in [0.5, 0.6) is 0 Å². The van der Waals surface area contributed by atoms with Gasteiger partial charge in [0.2, 0.25) is 0 Å². The molecule has 0 atom stereocenters. The lowest BCUT2D eigenvalue weighted by atomic mass is 9.95. The van der Waals surface area contributed by atoms with Gasteiger partial charge in [-0.05, 0) is 47.2 Å². The molecular formula is C30H24F6. The molecule has 0 aliphatic carbocycles. The van der Waals surface area contributed by atoms with E-state index in [4.69, 9.17) is 0 Å². The lowest BCUT2D eigenvalue weighted by Crippen LogP contribution is -2.00. The Kier molecular flexibility index (Phi) is 7.53. The van der Waals surface area contributed by atoms with Gasteiger partial charge in [0, 0.05) is 22.3 Å². The molecule has 0 unspecified atom stereocenters. The van der Waals surface area contributed by atoms with Gasteiger partial charge in [0.25, 0.3) is 0 Å². The van der Waals surface area contributed by atoms with Gasteiger partial charge in [-0.2, -0.15) is 0 Å². The van der Waals surface area contributed by atoms with Gasteiger partial charge in [-0.3, -0.25) is 0 Å². The van der Waals surface area contributed by atoms with Crippen molar-refractivity contribution in [2.75, 3.05) is 0 Å². The second-order valence-corrected chi connectivity index (χ2v) is 8.69. The molecule has 4 aromatic carbocycles. The summed E-state index contributed by atoms with van der Waals surface area (Å²) in [5.41, 5.74) is 0.0767. The van der Waals surface area contributed by atoms with E-state index >= 15 is 4.39 Å². The van der Waals surface area contributed by atoms with Crippen LogP contribution in [0.3, 0.4) is 0 Å². The van der Waals surface area contributed by atoms with Crippen molar-refractivity contribution in [3.63, 3.8) is 0 Å². The molecule has 0 aromatic heterocycles. The predicted molar refractivity (Wildman–Crippen MR) is 130 cm³/mol. The molecule has 0 saturated heterocycles. The number of benzene rings is 4. The zero-order chi connectivity index (χ0) is 26.0. The summed E-state index contributed by atoms with van der Waals surface area (Å²) in [6.07, 6.45) is 2.27. The number of halogens is 6. The first-order valence-corrected chi connectivity index (χ1v) is 11.8. The van der Waals surface area contributed by atoms with Gasteiger partial charge in [0.1, 0.15) is 11.6 Å². The molecule has 0 aliphatic rings. The number of hydrogen-bond donors (Lipinski definition) is 0. The molecule has 0 radical (unpaired) electrons. The molecule has 36 heavy (non-hydrogen) atoms. The van der Waals surface area contributed by atoms with Gasteiger partial charge in [-0.15, -0.1) is 0 Å². The molecule has 0 N–H and O–H groups in total. The van der Waals surface area contributed by atoms with Crippen LogP contribution < -0.4 is 0 Å². The van der Waals surface area contributed by atoms with Crippen LogP contribution in [0, 0.1) is 34.9 Å². The third-order valence-corrected chi connectivity index (χ3v) is 6.22. The summed E-state index contributed by atoms with van der Waals surface area (Å²) >= 11 is 0. The van der Waals surface area contributed by atoms with E-state index < -0.39 is 46.0 Å². The molecule has 4 rings (SSSR count). The molecule has 0 aliphatic heterocycles. The van der Waals surface area contributed by atoms with E-state index in [1.807, 2.05) is 13.8 Å². The van der Waals surface area contributed by atoms with Crippen LogP contribution in [-0.4, -0.2) is 0 Å². The Morgan fingerprint density at radius 2 is 0.861 bits per heavy atom. The van der Waals surface area contributed by atoms with Crippen molar-refractivity contribution < 1.29 is 26.3 Å². The minimum Gasteiger partial charge on any atom is -0.207 e. The van der Waals surface area contributed by atoms with Crippen molar-refractivity contribution in [1.29, 1.82) is 0 Å². The SMILES string of the molecule is CCCc1ccc(-c2ccc(-c3ccc(-c4ccc(CCC)c(F)c4F)c(F)c3F)c(F)c2)cc1F. The summed E-state index contributed by atoms with van der Waals surface area (Å²) in [5.74, 6) is -6.39. The van der Waals surface area contributed by atoms with Crippen LogP contribution in [0.25, 0.3) is 33.4 Å². The maximum atomic E-state index is 15.0. The highest BCUT2D eigenvalue weighted by Crippen LogP contribution is 2.36. The van der Waals surface area contributed by atoms with E-state index in [0.717, 1.165) is 24.6 Å². The minimum atomic E-state index is -1.41. The summed E-state index contributed by atoms with van der Waals surface area (Å²) < 4.78 is 88.3. The lowest BCUT2D eigenvalue weighted by Gasteiger charge is -2.13. The Morgan fingerprint density at radius 1 is 0.444 bits per heavy atom. The summed E-state index contributed by atoms with van der Waals surface area (Å²) in [6, 6.07) is 13.3. The molecular weight excluding hydrogens is 474 g/mol. The van der Waals surface area contributed by atoms with Gasteiger partial charge in [0.05, 0.1) is 0 Å². The Morgan fingerprint density at radius 3 is 1.42 bits per heavy atom. The van der Waals surface area contributed by atoms with E-state index in [1.165, 1.54) is 30.3 Å². The summed E-state index contributed by atoms with van der Waals surface area (Å²) in [4.78, 5) is 0. The van der Waals surface area contributed by atoms with E-state index in [0.29, 0.717) is 36.0 Å². The average Bonchev–Trinajstić information content (AvgIpc) is 2.86. The zero-order valence-electron chi connectivity index (χ0n) is 19.9. The lowest BCUT2D eigenvalue weighted by molar-refractivity contribution is 0.495. The molecule has 0 nitrogen and oxygen atoms in total. The standard InChI is InChI=1S/C30H24F6/c1-3-5-17-7-8-19(15-25(17)31)20-10-11-21(26(32)16-20)22-13-14-24(30(36)29(22)35)23-12-9-18(6-4-2)27(33)28(23)34/h7-16H,3-6H2,1-2H3. The van der Waals surface area contributed by atoms with E-state index in [-0.39, 0.29) is 16.7 Å².